The first-order valence-corrected chi connectivity index (χ1v) is 3.68. The van der Waals surface area contributed by atoms with E-state index in [1.54, 1.807) is 0 Å². The van der Waals surface area contributed by atoms with Gasteiger partial charge in [0.25, 0.3) is 0 Å². The molecule has 0 bridgehead atoms. The van der Waals surface area contributed by atoms with Crippen LogP contribution in [0.25, 0.3) is 0 Å². The summed E-state index contributed by atoms with van der Waals surface area (Å²) in [6.45, 7) is 2.16. The summed E-state index contributed by atoms with van der Waals surface area (Å²) in [6, 6.07) is 0. The van der Waals surface area contributed by atoms with Gasteiger partial charge in [-0.2, -0.15) is 0 Å². The molecule has 1 aliphatic heterocycles. The number of nitrogens with one attached hydrogen (secondary N) is 1. The van der Waals surface area contributed by atoms with Crippen LogP contribution in [0.1, 0.15) is 19.3 Å². The molecule has 0 radical (unpaired) electrons. The predicted octanol–water partition coefficient (Wildman–Crippen LogP) is 1.37. The van der Waals surface area contributed by atoms with Crippen LogP contribution in [0.15, 0.2) is 0 Å². The Morgan fingerprint density at radius 1 is 1.38 bits per heavy atom. The molecule has 0 aromatic heterocycles. The third-order valence-electron chi connectivity index (χ3n) is 1.49. The summed E-state index contributed by atoms with van der Waals surface area (Å²) in [5.74, 6) is 0. The first-order chi connectivity index (χ1) is 3.89. The van der Waals surface area contributed by atoms with E-state index in [-0.39, 0.29) is 0 Å². The molecule has 48 valence electrons. The Morgan fingerprint density at radius 3 is 3.12 bits per heavy atom. The summed E-state index contributed by atoms with van der Waals surface area (Å²) in [5.41, 5.74) is 0. The summed E-state index contributed by atoms with van der Waals surface area (Å²) in [6.07, 6.45) is 3.78. The fourth-order valence-electron chi connectivity index (χ4n) is 0.977. The van der Waals surface area contributed by atoms with Gasteiger partial charge in [0, 0.05) is 11.9 Å². The van der Waals surface area contributed by atoms with E-state index in [2.05, 4.69) is 5.32 Å². The van der Waals surface area contributed by atoms with Crippen LogP contribution in [0.3, 0.4) is 0 Å². The predicted molar refractivity (Wildman–Crippen MR) is 36.4 cm³/mol. The summed E-state index contributed by atoms with van der Waals surface area (Å²) in [5, 5.41) is 3.65. The van der Waals surface area contributed by atoms with Crippen LogP contribution in [-0.4, -0.2) is 18.5 Å². The maximum Gasteiger partial charge on any atom is 0.0460 e. The minimum absolute atomic E-state index is 0.387. The molecule has 0 aromatic carbocycles. The molecule has 1 rings (SSSR count). The van der Waals surface area contributed by atoms with Gasteiger partial charge in [0.1, 0.15) is 0 Å². The third-order valence-corrected chi connectivity index (χ3v) is 1.86. The van der Waals surface area contributed by atoms with Gasteiger partial charge in [-0.1, -0.05) is 6.42 Å². The lowest BCUT2D eigenvalue weighted by molar-refractivity contribution is 0.705. The van der Waals surface area contributed by atoms with Gasteiger partial charge >= 0.3 is 0 Å². The van der Waals surface area contributed by atoms with Crippen LogP contribution in [-0.2, 0) is 0 Å². The second-order valence-corrected chi connectivity index (χ2v) is 2.91. The topological polar surface area (TPSA) is 12.0 Å². The molecule has 0 saturated carbocycles. The second-order valence-electron chi connectivity index (χ2n) is 2.30. The Balaban J connectivity index is 2.17. The zero-order valence-electron chi connectivity index (χ0n) is 4.99. The van der Waals surface area contributed by atoms with Crippen molar-refractivity contribution < 1.29 is 0 Å². The monoisotopic (exact) mass is 133 g/mol. The number of rotatable bonds is 0. The minimum Gasteiger partial charge on any atom is -0.315 e. The van der Waals surface area contributed by atoms with Crippen molar-refractivity contribution in [2.24, 2.45) is 0 Å². The molecule has 1 atom stereocenters. The zero-order valence-corrected chi connectivity index (χ0v) is 5.75. The summed E-state index contributed by atoms with van der Waals surface area (Å²) in [4.78, 5) is 0. The van der Waals surface area contributed by atoms with Crippen LogP contribution in [0.2, 0.25) is 0 Å². The lowest BCUT2D eigenvalue weighted by atomic mass is 10.2. The fourth-order valence-corrected chi connectivity index (χ4v) is 1.24. The van der Waals surface area contributed by atoms with Gasteiger partial charge in [-0.05, 0) is 19.4 Å². The molecule has 1 fully saturated rings. The van der Waals surface area contributed by atoms with Gasteiger partial charge in [0.2, 0.25) is 0 Å². The fraction of sp³-hybridized carbons (Fsp3) is 1.00. The lowest BCUT2D eigenvalue weighted by Gasteiger charge is -2.01. The van der Waals surface area contributed by atoms with Crippen molar-refractivity contribution in [1.82, 2.24) is 5.32 Å². The van der Waals surface area contributed by atoms with E-state index in [1.807, 2.05) is 0 Å². The molecule has 1 heterocycles. The zero-order chi connectivity index (χ0) is 5.82. The van der Waals surface area contributed by atoms with Gasteiger partial charge < -0.3 is 5.32 Å². The van der Waals surface area contributed by atoms with E-state index in [0.29, 0.717) is 5.38 Å². The molecule has 1 nitrogen and oxygen atoms in total. The number of alkyl halides is 1. The highest BCUT2D eigenvalue weighted by Crippen LogP contribution is 2.08. The Labute approximate surface area is 55.4 Å². The third kappa shape index (κ3) is 2.01. The van der Waals surface area contributed by atoms with Crippen molar-refractivity contribution in [1.29, 1.82) is 0 Å². The molecule has 0 aromatic rings. The van der Waals surface area contributed by atoms with Crippen molar-refractivity contribution in [2.45, 2.75) is 24.6 Å². The molecule has 1 aliphatic rings. The van der Waals surface area contributed by atoms with Crippen LogP contribution < -0.4 is 5.32 Å². The molecule has 2 heteroatoms. The van der Waals surface area contributed by atoms with E-state index in [9.17, 15) is 0 Å². The average molecular weight is 134 g/mol. The van der Waals surface area contributed by atoms with Crippen LogP contribution in [0.4, 0.5) is 0 Å². The van der Waals surface area contributed by atoms with E-state index in [4.69, 9.17) is 11.6 Å². The SMILES string of the molecule is ClC1CCCCNC1. The lowest BCUT2D eigenvalue weighted by Crippen LogP contribution is -2.20. The van der Waals surface area contributed by atoms with Gasteiger partial charge in [-0.15, -0.1) is 11.6 Å². The molecule has 1 saturated heterocycles. The Morgan fingerprint density at radius 2 is 2.25 bits per heavy atom. The van der Waals surface area contributed by atoms with Crippen molar-refractivity contribution in [3.8, 4) is 0 Å². The quantitative estimate of drug-likeness (QED) is 0.493. The normalized spacial score (nSPS) is 31.9. The van der Waals surface area contributed by atoms with E-state index in [0.717, 1.165) is 13.1 Å². The van der Waals surface area contributed by atoms with E-state index in [1.165, 1.54) is 19.3 Å². The highest BCUT2D eigenvalue weighted by Gasteiger charge is 2.06. The molecular formula is C6H12ClN. The molecule has 0 spiro atoms. The van der Waals surface area contributed by atoms with E-state index >= 15 is 0 Å². The first-order valence-electron chi connectivity index (χ1n) is 3.24. The van der Waals surface area contributed by atoms with Crippen LogP contribution in [0.5, 0.6) is 0 Å². The molecule has 1 unspecified atom stereocenters. The number of hydrogen-bond acceptors (Lipinski definition) is 1. The van der Waals surface area contributed by atoms with Gasteiger partial charge in [-0.3, -0.25) is 0 Å². The maximum atomic E-state index is 5.86. The molecule has 0 amide bonds. The second kappa shape index (κ2) is 3.31. The highest BCUT2D eigenvalue weighted by molar-refractivity contribution is 6.20. The Kier molecular flexibility index (Phi) is 2.64. The van der Waals surface area contributed by atoms with Crippen molar-refractivity contribution in [2.75, 3.05) is 13.1 Å². The van der Waals surface area contributed by atoms with Gasteiger partial charge in [-0.25, -0.2) is 0 Å². The molecule has 0 aliphatic carbocycles. The minimum atomic E-state index is 0.387. The van der Waals surface area contributed by atoms with Crippen molar-refractivity contribution in [3.05, 3.63) is 0 Å². The summed E-state index contributed by atoms with van der Waals surface area (Å²) < 4.78 is 0. The smallest absolute Gasteiger partial charge is 0.0460 e. The molecule has 8 heavy (non-hydrogen) atoms. The van der Waals surface area contributed by atoms with Gasteiger partial charge in [0.05, 0.1) is 0 Å². The van der Waals surface area contributed by atoms with Crippen LogP contribution in [0, 0.1) is 0 Å². The standard InChI is InChI=1S/C6H12ClN/c7-6-3-1-2-4-8-5-6/h6,8H,1-5H2. The Hall–Kier alpha value is 0.250. The maximum absolute atomic E-state index is 5.86. The van der Waals surface area contributed by atoms with Crippen molar-refractivity contribution in [3.63, 3.8) is 0 Å². The van der Waals surface area contributed by atoms with Gasteiger partial charge in [0.15, 0.2) is 0 Å². The van der Waals surface area contributed by atoms with Crippen molar-refractivity contribution >= 4 is 11.6 Å². The largest absolute Gasteiger partial charge is 0.315 e. The Bertz CT molecular complexity index is 57.5. The highest BCUT2D eigenvalue weighted by atomic mass is 35.5. The average Bonchev–Trinajstić information content (AvgIpc) is 1.94. The first kappa shape index (κ1) is 6.37. The molecule has 1 N–H and O–H groups in total. The number of hydrogen-bond donors (Lipinski definition) is 1. The van der Waals surface area contributed by atoms with Crippen LogP contribution >= 0.6 is 11.6 Å². The summed E-state index contributed by atoms with van der Waals surface area (Å²) >= 11 is 5.86. The molecular weight excluding hydrogens is 122 g/mol. The summed E-state index contributed by atoms with van der Waals surface area (Å²) in [7, 11) is 0. The number of halogens is 1. The van der Waals surface area contributed by atoms with E-state index < -0.39 is 0 Å².